The molecule has 2 N–H and O–H groups in total. The number of amides is 1. The van der Waals surface area contributed by atoms with Gasteiger partial charge >= 0.3 is 12.1 Å². The molecule has 1 atom stereocenters. The molecule has 2 rings (SSSR count). The summed E-state index contributed by atoms with van der Waals surface area (Å²) in [6.07, 6.45) is -0.485. The predicted octanol–water partition coefficient (Wildman–Crippen LogP) is 4.02. The SMILES string of the molecule is COC(=O)c1sc2ccc(OC)cc2c1N[C@@H](C)CNC(=O)OC(C)(C)C. The molecule has 0 aliphatic carbocycles. The Morgan fingerprint density at radius 3 is 2.52 bits per heavy atom. The quantitative estimate of drug-likeness (QED) is 0.720. The van der Waals surface area contributed by atoms with Crippen molar-refractivity contribution >= 4 is 39.2 Å². The van der Waals surface area contributed by atoms with Gasteiger partial charge in [0.15, 0.2) is 0 Å². The van der Waals surface area contributed by atoms with Gasteiger partial charge in [0.2, 0.25) is 0 Å². The number of nitrogens with one attached hydrogen (secondary N) is 2. The van der Waals surface area contributed by atoms with Crippen LogP contribution in [0, 0.1) is 0 Å². The van der Waals surface area contributed by atoms with Crippen molar-refractivity contribution in [3.63, 3.8) is 0 Å². The number of ether oxygens (including phenoxy) is 3. The molecule has 0 fully saturated rings. The van der Waals surface area contributed by atoms with Crippen LogP contribution in [0.4, 0.5) is 10.5 Å². The van der Waals surface area contributed by atoms with Crippen LogP contribution in [0.15, 0.2) is 18.2 Å². The van der Waals surface area contributed by atoms with Crippen LogP contribution >= 0.6 is 11.3 Å². The Morgan fingerprint density at radius 2 is 1.93 bits per heavy atom. The summed E-state index contributed by atoms with van der Waals surface area (Å²) >= 11 is 1.35. The standard InChI is InChI=1S/C19H26N2O5S/c1-11(10-20-18(23)26-19(2,3)4)21-15-13-9-12(24-5)7-8-14(13)27-16(15)17(22)25-6/h7-9,11,21H,10H2,1-6H3,(H,20,23)/t11-/m0/s1. The van der Waals surface area contributed by atoms with E-state index in [2.05, 4.69) is 10.6 Å². The van der Waals surface area contributed by atoms with Crippen LogP contribution in [0.3, 0.4) is 0 Å². The fourth-order valence-corrected chi connectivity index (χ4v) is 3.50. The first-order valence-electron chi connectivity index (χ1n) is 8.57. The van der Waals surface area contributed by atoms with Crippen LogP contribution in [-0.4, -0.2) is 44.5 Å². The van der Waals surface area contributed by atoms with E-state index in [0.29, 0.717) is 22.9 Å². The highest BCUT2D eigenvalue weighted by atomic mass is 32.1. The zero-order valence-corrected chi connectivity index (χ0v) is 17.3. The first-order valence-corrected chi connectivity index (χ1v) is 9.38. The molecule has 0 aliphatic rings. The van der Waals surface area contributed by atoms with Crippen LogP contribution in [0.2, 0.25) is 0 Å². The Kier molecular flexibility index (Phi) is 6.54. The first-order chi connectivity index (χ1) is 12.6. The molecule has 0 unspecified atom stereocenters. The van der Waals surface area contributed by atoms with Gasteiger partial charge in [-0.2, -0.15) is 0 Å². The van der Waals surface area contributed by atoms with Crippen molar-refractivity contribution in [1.82, 2.24) is 5.32 Å². The molecule has 8 heteroatoms. The third-order valence-corrected chi connectivity index (χ3v) is 4.76. The fourth-order valence-electron chi connectivity index (χ4n) is 2.43. The third-order valence-electron chi connectivity index (χ3n) is 3.61. The molecule has 27 heavy (non-hydrogen) atoms. The van der Waals surface area contributed by atoms with Crippen molar-refractivity contribution in [2.75, 3.05) is 26.1 Å². The number of alkyl carbamates (subject to hydrolysis) is 1. The van der Waals surface area contributed by atoms with Crippen molar-refractivity contribution in [1.29, 1.82) is 0 Å². The minimum Gasteiger partial charge on any atom is -0.497 e. The molecule has 0 bridgehead atoms. The van der Waals surface area contributed by atoms with Gasteiger partial charge < -0.3 is 24.8 Å². The topological polar surface area (TPSA) is 85.9 Å². The Bertz CT molecular complexity index is 825. The number of anilines is 1. The second kappa shape index (κ2) is 8.47. The minimum absolute atomic E-state index is 0.148. The summed E-state index contributed by atoms with van der Waals surface area (Å²) in [6, 6.07) is 5.47. The highest BCUT2D eigenvalue weighted by Crippen LogP contribution is 2.38. The van der Waals surface area contributed by atoms with Gasteiger partial charge in [-0.15, -0.1) is 11.3 Å². The number of carbonyl (C=O) groups excluding carboxylic acids is 2. The van der Waals surface area contributed by atoms with Crippen molar-refractivity contribution in [2.45, 2.75) is 39.3 Å². The zero-order chi connectivity index (χ0) is 20.2. The molecular weight excluding hydrogens is 368 g/mol. The lowest BCUT2D eigenvalue weighted by Gasteiger charge is -2.21. The number of thiophene rings is 1. The number of esters is 1. The van der Waals surface area contributed by atoms with Crippen LogP contribution in [0.1, 0.15) is 37.4 Å². The first kappa shape index (κ1) is 20.8. The smallest absolute Gasteiger partial charge is 0.407 e. The van der Waals surface area contributed by atoms with E-state index < -0.39 is 17.7 Å². The Balaban J connectivity index is 2.20. The maximum Gasteiger partial charge on any atom is 0.407 e. The van der Waals surface area contributed by atoms with E-state index in [9.17, 15) is 9.59 Å². The fraction of sp³-hybridized carbons (Fsp3) is 0.474. The molecule has 0 saturated carbocycles. The van der Waals surface area contributed by atoms with Gasteiger partial charge in [-0.1, -0.05) is 0 Å². The Hall–Kier alpha value is -2.48. The highest BCUT2D eigenvalue weighted by Gasteiger charge is 2.22. The largest absolute Gasteiger partial charge is 0.497 e. The molecule has 0 saturated heterocycles. The van der Waals surface area contributed by atoms with Crippen molar-refractivity contribution in [3.05, 3.63) is 23.1 Å². The Labute approximate surface area is 163 Å². The zero-order valence-electron chi connectivity index (χ0n) is 16.5. The van der Waals surface area contributed by atoms with Crippen LogP contribution in [0.5, 0.6) is 5.75 Å². The lowest BCUT2D eigenvalue weighted by molar-refractivity contribution is 0.0524. The number of carbonyl (C=O) groups is 2. The summed E-state index contributed by atoms with van der Waals surface area (Å²) in [5.41, 5.74) is 0.109. The monoisotopic (exact) mass is 394 g/mol. The summed E-state index contributed by atoms with van der Waals surface area (Å²) in [5.74, 6) is 0.282. The summed E-state index contributed by atoms with van der Waals surface area (Å²) in [7, 11) is 2.94. The van der Waals surface area contributed by atoms with Crippen molar-refractivity contribution < 1.29 is 23.8 Å². The minimum atomic E-state index is -0.557. The number of hydrogen-bond donors (Lipinski definition) is 2. The van der Waals surface area contributed by atoms with Gasteiger partial charge in [-0.3, -0.25) is 0 Å². The van der Waals surface area contributed by atoms with E-state index in [1.807, 2.05) is 45.9 Å². The second-order valence-electron chi connectivity index (χ2n) is 7.09. The summed E-state index contributed by atoms with van der Waals surface area (Å²) < 4.78 is 16.4. The lowest BCUT2D eigenvalue weighted by atomic mass is 10.2. The number of methoxy groups -OCH3 is 2. The highest BCUT2D eigenvalue weighted by molar-refractivity contribution is 7.21. The van der Waals surface area contributed by atoms with E-state index >= 15 is 0 Å². The normalized spacial score (nSPS) is 12.4. The molecule has 0 spiro atoms. The predicted molar refractivity (Wildman–Crippen MR) is 107 cm³/mol. The van der Waals surface area contributed by atoms with Gasteiger partial charge in [-0.05, 0) is 45.9 Å². The lowest BCUT2D eigenvalue weighted by Crippen LogP contribution is -2.38. The Morgan fingerprint density at radius 1 is 1.22 bits per heavy atom. The molecule has 0 radical (unpaired) electrons. The summed E-state index contributed by atoms with van der Waals surface area (Å²) in [6.45, 7) is 7.66. The third kappa shape index (κ3) is 5.50. The molecule has 1 aromatic heterocycles. The molecule has 1 amide bonds. The number of benzene rings is 1. The molecule has 1 heterocycles. The van der Waals surface area contributed by atoms with E-state index in [0.717, 1.165) is 10.1 Å². The van der Waals surface area contributed by atoms with Gasteiger partial charge in [0.25, 0.3) is 0 Å². The van der Waals surface area contributed by atoms with Gasteiger partial charge in [0.1, 0.15) is 16.2 Å². The maximum absolute atomic E-state index is 12.2. The number of hydrogen-bond acceptors (Lipinski definition) is 7. The van der Waals surface area contributed by atoms with E-state index in [1.54, 1.807) is 7.11 Å². The van der Waals surface area contributed by atoms with Gasteiger partial charge in [0.05, 0.1) is 19.9 Å². The molecule has 0 aliphatic heterocycles. The van der Waals surface area contributed by atoms with Crippen LogP contribution < -0.4 is 15.4 Å². The van der Waals surface area contributed by atoms with E-state index in [4.69, 9.17) is 14.2 Å². The van der Waals surface area contributed by atoms with Gasteiger partial charge in [0, 0.05) is 22.7 Å². The van der Waals surface area contributed by atoms with Crippen LogP contribution in [-0.2, 0) is 9.47 Å². The average Bonchev–Trinajstić information content (AvgIpc) is 2.95. The molecule has 2 aromatic rings. The van der Waals surface area contributed by atoms with Crippen molar-refractivity contribution in [3.8, 4) is 5.75 Å². The maximum atomic E-state index is 12.2. The average molecular weight is 394 g/mol. The number of rotatable bonds is 6. The molecule has 148 valence electrons. The molecule has 1 aromatic carbocycles. The van der Waals surface area contributed by atoms with E-state index in [-0.39, 0.29) is 6.04 Å². The second-order valence-corrected chi connectivity index (χ2v) is 8.14. The summed E-state index contributed by atoms with van der Waals surface area (Å²) in [4.78, 5) is 24.5. The van der Waals surface area contributed by atoms with Gasteiger partial charge in [-0.25, -0.2) is 9.59 Å². The molecule has 7 nitrogen and oxygen atoms in total. The van der Waals surface area contributed by atoms with E-state index in [1.165, 1.54) is 18.4 Å². The number of fused-ring (bicyclic) bond motifs is 1. The van der Waals surface area contributed by atoms with Crippen molar-refractivity contribution in [2.24, 2.45) is 0 Å². The molecular formula is C19H26N2O5S. The summed E-state index contributed by atoms with van der Waals surface area (Å²) in [5, 5.41) is 6.89. The van der Waals surface area contributed by atoms with Crippen LogP contribution in [0.25, 0.3) is 10.1 Å².